The van der Waals surface area contributed by atoms with Crippen molar-refractivity contribution in [1.82, 2.24) is 0 Å². The molecular formula is C21H22O4. The molecule has 2 rings (SSSR count). The summed E-state index contributed by atoms with van der Waals surface area (Å²) in [5.41, 5.74) is 2.07. The molecule has 4 nitrogen and oxygen atoms in total. The Kier molecular flexibility index (Phi) is 7.44. The Morgan fingerprint density at radius 3 is 2.28 bits per heavy atom. The molecule has 0 N–H and O–H groups in total. The van der Waals surface area contributed by atoms with Gasteiger partial charge >= 0.3 is 11.9 Å². The van der Waals surface area contributed by atoms with Crippen molar-refractivity contribution in [3.63, 3.8) is 0 Å². The van der Waals surface area contributed by atoms with Gasteiger partial charge in [0.1, 0.15) is 0 Å². The number of hydrogen-bond donors (Lipinski definition) is 0. The number of esters is 2. The summed E-state index contributed by atoms with van der Waals surface area (Å²) >= 11 is 0. The van der Waals surface area contributed by atoms with Crippen molar-refractivity contribution in [1.29, 1.82) is 0 Å². The second-order valence-corrected chi connectivity index (χ2v) is 5.58. The Morgan fingerprint density at radius 2 is 1.60 bits per heavy atom. The van der Waals surface area contributed by atoms with Crippen molar-refractivity contribution in [2.45, 2.75) is 32.5 Å². The first-order valence-corrected chi connectivity index (χ1v) is 8.30. The lowest BCUT2D eigenvalue weighted by Crippen LogP contribution is -2.20. The highest BCUT2D eigenvalue weighted by atomic mass is 16.7. The molecule has 0 saturated carbocycles. The van der Waals surface area contributed by atoms with Gasteiger partial charge in [0.25, 0.3) is 0 Å². The molecule has 0 saturated heterocycles. The predicted molar refractivity (Wildman–Crippen MR) is 96.5 cm³/mol. The lowest BCUT2D eigenvalue weighted by molar-refractivity contribution is -0.181. The molecule has 2 aromatic carbocycles. The molecule has 0 spiro atoms. The van der Waals surface area contributed by atoms with E-state index in [1.807, 2.05) is 60.7 Å². The first kappa shape index (κ1) is 18.5. The van der Waals surface area contributed by atoms with Gasteiger partial charge in [0, 0.05) is 19.4 Å². The fourth-order valence-electron chi connectivity index (χ4n) is 2.28. The summed E-state index contributed by atoms with van der Waals surface area (Å²) in [6.07, 6.45) is 3.85. The van der Waals surface area contributed by atoms with Gasteiger partial charge in [-0.15, -0.1) is 0 Å². The van der Waals surface area contributed by atoms with E-state index < -0.39 is 12.3 Å². The van der Waals surface area contributed by atoms with E-state index in [9.17, 15) is 9.59 Å². The summed E-state index contributed by atoms with van der Waals surface area (Å²) in [5, 5.41) is 0. The van der Waals surface area contributed by atoms with E-state index in [0.29, 0.717) is 6.42 Å². The molecule has 0 fully saturated rings. The fraction of sp³-hybridized carbons (Fsp3) is 0.238. The molecule has 0 heterocycles. The predicted octanol–water partition coefficient (Wildman–Crippen LogP) is 4.16. The minimum Gasteiger partial charge on any atom is -0.425 e. The van der Waals surface area contributed by atoms with Crippen LogP contribution in [0.15, 0.2) is 66.7 Å². The largest absolute Gasteiger partial charge is 0.425 e. The quantitative estimate of drug-likeness (QED) is 0.412. The zero-order chi connectivity index (χ0) is 17.9. The average molecular weight is 338 g/mol. The van der Waals surface area contributed by atoms with Crippen LogP contribution >= 0.6 is 0 Å². The van der Waals surface area contributed by atoms with Gasteiger partial charge < -0.3 is 9.47 Å². The van der Waals surface area contributed by atoms with E-state index in [1.165, 1.54) is 18.6 Å². The van der Waals surface area contributed by atoms with E-state index in [2.05, 4.69) is 0 Å². The van der Waals surface area contributed by atoms with Crippen LogP contribution in [0.1, 0.15) is 30.9 Å². The monoisotopic (exact) mass is 338 g/mol. The summed E-state index contributed by atoms with van der Waals surface area (Å²) < 4.78 is 10.1. The molecule has 0 aliphatic rings. The zero-order valence-electron chi connectivity index (χ0n) is 14.3. The highest BCUT2D eigenvalue weighted by Gasteiger charge is 2.12. The molecule has 1 atom stereocenters. The minimum absolute atomic E-state index is 0.288. The van der Waals surface area contributed by atoms with E-state index in [0.717, 1.165) is 12.0 Å². The summed E-state index contributed by atoms with van der Waals surface area (Å²) in [6.45, 7) is 1.53. The maximum absolute atomic E-state index is 11.8. The molecule has 130 valence electrons. The summed E-state index contributed by atoms with van der Waals surface area (Å²) in [4.78, 5) is 23.5. The molecule has 0 aromatic heterocycles. The Hall–Kier alpha value is -2.88. The SMILES string of the molecule is CC(OC(=O)C=Cc1ccccc1)OC(=O)CCCc1ccccc1. The van der Waals surface area contributed by atoms with Crippen molar-refractivity contribution in [3.8, 4) is 0 Å². The Balaban J connectivity index is 1.66. The van der Waals surface area contributed by atoms with Crippen molar-refractivity contribution in [2.24, 2.45) is 0 Å². The number of hydrogen-bond acceptors (Lipinski definition) is 4. The number of aryl methyl sites for hydroxylation is 1. The molecular weight excluding hydrogens is 316 g/mol. The molecule has 0 bridgehead atoms. The smallest absolute Gasteiger partial charge is 0.333 e. The van der Waals surface area contributed by atoms with E-state index in [-0.39, 0.29) is 12.4 Å². The van der Waals surface area contributed by atoms with Crippen LogP contribution in [0.3, 0.4) is 0 Å². The van der Waals surface area contributed by atoms with Gasteiger partial charge in [-0.25, -0.2) is 4.79 Å². The normalized spacial score (nSPS) is 11.9. The summed E-state index contributed by atoms with van der Waals surface area (Å²) in [5.74, 6) is -0.920. The van der Waals surface area contributed by atoms with Gasteiger partial charge in [0.05, 0.1) is 0 Å². The highest BCUT2D eigenvalue weighted by molar-refractivity contribution is 5.87. The van der Waals surface area contributed by atoms with Crippen molar-refractivity contribution in [2.75, 3.05) is 0 Å². The number of carbonyl (C=O) groups is 2. The van der Waals surface area contributed by atoms with E-state index in [4.69, 9.17) is 9.47 Å². The summed E-state index contributed by atoms with van der Waals surface area (Å²) in [6, 6.07) is 19.4. The van der Waals surface area contributed by atoms with E-state index >= 15 is 0 Å². The topological polar surface area (TPSA) is 52.6 Å². The Labute approximate surface area is 148 Å². The van der Waals surface area contributed by atoms with Crippen LogP contribution in [0.2, 0.25) is 0 Å². The molecule has 1 unspecified atom stereocenters. The van der Waals surface area contributed by atoms with Gasteiger partial charge in [-0.1, -0.05) is 60.7 Å². The minimum atomic E-state index is -0.905. The maximum Gasteiger partial charge on any atom is 0.333 e. The Morgan fingerprint density at radius 1 is 0.960 bits per heavy atom. The van der Waals surface area contributed by atoms with Gasteiger partial charge in [0.2, 0.25) is 6.29 Å². The third-order valence-electron chi connectivity index (χ3n) is 3.48. The first-order chi connectivity index (χ1) is 12.1. The molecule has 4 heteroatoms. The second kappa shape index (κ2) is 10.1. The van der Waals surface area contributed by atoms with E-state index in [1.54, 1.807) is 6.08 Å². The molecule has 0 radical (unpaired) electrons. The van der Waals surface area contributed by atoms with Gasteiger partial charge in [0.15, 0.2) is 0 Å². The maximum atomic E-state index is 11.8. The van der Waals surface area contributed by atoms with Crippen LogP contribution in [0.5, 0.6) is 0 Å². The molecule has 0 amide bonds. The summed E-state index contributed by atoms with van der Waals surface area (Å²) in [7, 11) is 0. The Bertz CT molecular complexity index is 692. The fourth-order valence-corrected chi connectivity index (χ4v) is 2.28. The third-order valence-corrected chi connectivity index (χ3v) is 3.48. The highest BCUT2D eigenvalue weighted by Crippen LogP contribution is 2.07. The second-order valence-electron chi connectivity index (χ2n) is 5.58. The van der Waals surface area contributed by atoms with Crippen molar-refractivity contribution >= 4 is 18.0 Å². The number of benzene rings is 2. The molecule has 25 heavy (non-hydrogen) atoms. The van der Waals surface area contributed by atoms with Crippen LogP contribution in [0.4, 0.5) is 0 Å². The standard InChI is InChI=1S/C21H22O4/c1-17(25-21(23)16-15-19-11-6-3-7-12-19)24-20(22)14-8-13-18-9-4-2-5-10-18/h2-7,9-12,15-17H,8,13-14H2,1H3. The van der Waals surface area contributed by atoms with Crippen LogP contribution in [-0.4, -0.2) is 18.2 Å². The van der Waals surface area contributed by atoms with Crippen LogP contribution in [0, 0.1) is 0 Å². The first-order valence-electron chi connectivity index (χ1n) is 8.30. The number of carbonyl (C=O) groups excluding carboxylic acids is 2. The van der Waals surface area contributed by atoms with Crippen LogP contribution < -0.4 is 0 Å². The van der Waals surface area contributed by atoms with Crippen molar-refractivity contribution in [3.05, 3.63) is 77.9 Å². The lowest BCUT2D eigenvalue weighted by Gasteiger charge is -2.12. The molecule has 0 aliphatic heterocycles. The third kappa shape index (κ3) is 7.48. The zero-order valence-corrected chi connectivity index (χ0v) is 14.3. The molecule has 0 aliphatic carbocycles. The lowest BCUT2D eigenvalue weighted by atomic mass is 10.1. The van der Waals surface area contributed by atoms with Crippen LogP contribution in [-0.2, 0) is 25.5 Å². The van der Waals surface area contributed by atoms with Crippen LogP contribution in [0.25, 0.3) is 6.08 Å². The van der Waals surface area contributed by atoms with Gasteiger partial charge in [-0.2, -0.15) is 0 Å². The number of rotatable bonds is 8. The van der Waals surface area contributed by atoms with Gasteiger partial charge in [-0.05, 0) is 30.0 Å². The average Bonchev–Trinajstić information content (AvgIpc) is 2.61. The number of ether oxygens (including phenoxy) is 2. The van der Waals surface area contributed by atoms with Gasteiger partial charge in [-0.3, -0.25) is 4.79 Å². The molecule has 2 aromatic rings. The van der Waals surface area contributed by atoms with Crippen molar-refractivity contribution < 1.29 is 19.1 Å².